The van der Waals surface area contributed by atoms with Crippen LogP contribution in [0.2, 0.25) is 5.02 Å². The van der Waals surface area contributed by atoms with Crippen molar-refractivity contribution in [1.82, 2.24) is 30.3 Å². The van der Waals surface area contributed by atoms with Gasteiger partial charge in [0, 0.05) is 88.1 Å². The first-order valence-corrected chi connectivity index (χ1v) is 20.5. The smallest absolute Gasteiger partial charge is 0.328 e. The van der Waals surface area contributed by atoms with Crippen LogP contribution in [0.15, 0.2) is 54.7 Å². The zero-order valence-electron chi connectivity index (χ0n) is 32.6. The first kappa shape index (κ1) is 41.2. The number of benzene rings is 2. The normalized spacial score (nSPS) is 21.0. The Morgan fingerprint density at radius 3 is 2.40 bits per heavy atom. The fourth-order valence-electron chi connectivity index (χ4n) is 9.14. The maximum atomic E-state index is 14.9. The zero-order valence-corrected chi connectivity index (χ0v) is 34.2. The van der Waals surface area contributed by atoms with Gasteiger partial charge in [-0.3, -0.25) is 19.8 Å². The quantitative estimate of drug-likeness (QED) is 0.189. The highest BCUT2D eigenvalue weighted by Gasteiger charge is 2.30. The Balaban J connectivity index is 0.00000512. The molecule has 58 heavy (non-hydrogen) atoms. The second-order valence-electron chi connectivity index (χ2n) is 15.9. The molecule has 0 radical (unpaired) electrons. The van der Waals surface area contributed by atoms with E-state index in [0.29, 0.717) is 33.9 Å². The average Bonchev–Trinajstić information content (AvgIpc) is 3.65. The van der Waals surface area contributed by atoms with E-state index in [1.807, 2.05) is 37.5 Å². The highest BCUT2D eigenvalue weighted by atomic mass is 35.5. The van der Waals surface area contributed by atoms with Gasteiger partial charge in [-0.05, 0) is 106 Å². The molecule has 3 aliphatic heterocycles. The van der Waals surface area contributed by atoms with Crippen molar-refractivity contribution in [2.75, 3.05) is 61.0 Å². The van der Waals surface area contributed by atoms with Crippen molar-refractivity contribution in [2.24, 2.45) is 5.92 Å². The number of imide groups is 1. The highest BCUT2D eigenvalue weighted by molar-refractivity contribution is 6.32. The van der Waals surface area contributed by atoms with Crippen molar-refractivity contribution in [1.29, 1.82) is 5.26 Å². The number of carbonyl (C=O) groups is 3. The van der Waals surface area contributed by atoms with Crippen LogP contribution >= 0.6 is 24.0 Å². The lowest BCUT2D eigenvalue weighted by atomic mass is 9.90. The molecule has 0 atom stereocenters. The van der Waals surface area contributed by atoms with Gasteiger partial charge in [-0.2, -0.15) is 5.26 Å². The molecule has 13 nitrogen and oxygen atoms in total. The minimum Gasteiger partial charge on any atom is -0.372 e. The van der Waals surface area contributed by atoms with Gasteiger partial charge in [0.05, 0.1) is 21.8 Å². The standard InChI is InChI=1S/C42H48ClFN10O3.ClH/c1-50(33-5-2-28(25-45)35(43)24-33)31-6-3-30(4-7-31)46-41(56)36-8-9-39(49-48-36)52-18-10-27(11-19-52)26-51-16-12-32(13-17-51)53-20-14-34-37(53)22-29(44)23-38(34)54-21-15-40(55)47-42(54)57;/h2,5,8-9,14,20,22-24,27,30-32H,3-4,6-7,10-13,15-19,21,26H2,1H3,(H,46,56)(H,47,55,57);1H. The number of aromatic nitrogens is 3. The van der Waals surface area contributed by atoms with Gasteiger partial charge in [0.2, 0.25) is 5.91 Å². The molecular formula is C42H49Cl2FN10O3. The van der Waals surface area contributed by atoms with E-state index in [1.54, 1.807) is 18.2 Å². The Morgan fingerprint density at radius 2 is 1.72 bits per heavy atom. The third kappa shape index (κ3) is 8.87. The van der Waals surface area contributed by atoms with Crippen molar-refractivity contribution >= 4 is 69.9 Å². The molecule has 4 fully saturated rings. The number of anilines is 3. The van der Waals surface area contributed by atoms with Gasteiger partial charge in [-0.15, -0.1) is 22.6 Å². The van der Waals surface area contributed by atoms with Gasteiger partial charge in [-0.1, -0.05) is 11.6 Å². The van der Waals surface area contributed by atoms with E-state index in [2.05, 4.69) is 46.2 Å². The monoisotopic (exact) mass is 830 g/mol. The Kier molecular flexibility index (Phi) is 12.7. The van der Waals surface area contributed by atoms with E-state index in [4.69, 9.17) is 11.6 Å². The number of rotatable bonds is 9. The lowest BCUT2D eigenvalue weighted by Gasteiger charge is -2.38. The predicted molar refractivity (Wildman–Crippen MR) is 224 cm³/mol. The first-order chi connectivity index (χ1) is 27.6. The van der Waals surface area contributed by atoms with Gasteiger partial charge >= 0.3 is 6.03 Å². The lowest BCUT2D eigenvalue weighted by Crippen LogP contribution is -2.49. The average molecular weight is 832 g/mol. The van der Waals surface area contributed by atoms with Gasteiger partial charge < -0.3 is 24.6 Å². The summed E-state index contributed by atoms with van der Waals surface area (Å²) in [7, 11) is 2.05. The Bertz CT molecular complexity index is 2170. The molecule has 2 N–H and O–H groups in total. The number of amides is 4. The third-order valence-electron chi connectivity index (χ3n) is 12.5. The molecule has 2 aromatic heterocycles. The number of halogens is 3. The number of carbonyl (C=O) groups excluding carboxylic acids is 3. The molecule has 306 valence electrons. The molecule has 4 aliphatic rings. The van der Waals surface area contributed by atoms with Gasteiger partial charge in [0.1, 0.15) is 11.9 Å². The van der Waals surface area contributed by atoms with Crippen LogP contribution in [0.3, 0.4) is 0 Å². The number of nitriles is 1. The summed E-state index contributed by atoms with van der Waals surface area (Å²) in [4.78, 5) is 45.8. The Hall–Kier alpha value is -4.97. The van der Waals surface area contributed by atoms with E-state index >= 15 is 0 Å². The van der Waals surface area contributed by atoms with E-state index < -0.39 is 11.8 Å². The van der Waals surface area contributed by atoms with Gasteiger partial charge in [0.15, 0.2) is 11.5 Å². The molecule has 0 bridgehead atoms. The van der Waals surface area contributed by atoms with E-state index in [0.717, 1.165) is 106 Å². The van der Waals surface area contributed by atoms with Crippen LogP contribution < -0.4 is 25.3 Å². The molecule has 1 aliphatic carbocycles. The van der Waals surface area contributed by atoms with Crippen LogP contribution in [0, 0.1) is 23.1 Å². The van der Waals surface area contributed by atoms with Crippen LogP contribution in [0.4, 0.5) is 26.4 Å². The second-order valence-corrected chi connectivity index (χ2v) is 16.3. The predicted octanol–water partition coefficient (Wildman–Crippen LogP) is 6.69. The maximum absolute atomic E-state index is 14.9. The lowest BCUT2D eigenvalue weighted by molar-refractivity contribution is -0.120. The number of nitrogens with one attached hydrogen (secondary N) is 2. The van der Waals surface area contributed by atoms with Crippen molar-refractivity contribution in [3.8, 4) is 6.07 Å². The molecule has 5 heterocycles. The number of fused-ring (bicyclic) bond motifs is 1. The van der Waals surface area contributed by atoms with Crippen molar-refractivity contribution in [3.05, 3.63) is 76.8 Å². The summed E-state index contributed by atoms with van der Waals surface area (Å²) in [6.45, 7) is 4.98. The number of nitrogens with zero attached hydrogens (tertiary/aromatic N) is 8. The van der Waals surface area contributed by atoms with Crippen LogP contribution in [0.1, 0.15) is 79.9 Å². The van der Waals surface area contributed by atoms with Crippen molar-refractivity contribution in [2.45, 2.75) is 75.9 Å². The molecule has 1 saturated carbocycles. The van der Waals surface area contributed by atoms with E-state index in [-0.39, 0.29) is 49.3 Å². The van der Waals surface area contributed by atoms with Gasteiger partial charge in [-0.25, -0.2) is 9.18 Å². The zero-order chi connectivity index (χ0) is 39.6. The fourth-order valence-corrected chi connectivity index (χ4v) is 9.36. The SMILES string of the molecule is CN(c1ccc(C#N)c(Cl)c1)C1CCC(NC(=O)c2ccc(N3CCC(CN4CCC(n5ccc6c(N7CCC(=O)NC7=O)cc(F)cc65)CC4)CC3)nn2)CC1.Cl. The summed E-state index contributed by atoms with van der Waals surface area (Å²) < 4.78 is 17.0. The minimum atomic E-state index is -0.514. The summed E-state index contributed by atoms with van der Waals surface area (Å²) in [6, 6.07) is 16.3. The molecule has 0 unspecified atom stereocenters. The minimum absolute atomic E-state index is 0. The number of hydrogen-bond acceptors (Lipinski definition) is 9. The molecule has 3 saturated heterocycles. The Labute approximate surface area is 348 Å². The summed E-state index contributed by atoms with van der Waals surface area (Å²) >= 11 is 6.26. The van der Waals surface area contributed by atoms with E-state index in [1.165, 1.54) is 11.0 Å². The van der Waals surface area contributed by atoms with Crippen molar-refractivity contribution in [3.63, 3.8) is 0 Å². The molecular weight excluding hydrogens is 782 g/mol. The second kappa shape index (κ2) is 17.9. The number of urea groups is 1. The topological polar surface area (TPSA) is 143 Å². The van der Waals surface area contributed by atoms with Crippen LogP contribution in [0.5, 0.6) is 0 Å². The van der Waals surface area contributed by atoms with E-state index in [9.17, 15) is 24.0 Å². The molecule has 4 aromatic rings. The first-order valence-electron chi connectivity index (χ1n) is 20.1. The van der Waals surface area contributed by atoms with Crippen LogP contribution in [-0.4, -0.2) is 95.9 Å². The third-order valence-corrected chi connectivity index (χ3v) is 12.8. The highest BCUT2D eigenvalue weighted by Crippen LogP contribution is 2.35. The van der Waals surface area contributed by atoms with Gasteiger partial charge in [0.25, 0.3) is 5.91 Å². The molecule has 2 aromatic carbocycles. The van der Waals surface area contributed by atoms with Crippen molar-refractivity contribution < 1.29 is 18.8 Å². The summed E-state index contributed by atoms with van der Waals surface area (Å²) in [5.41, 5.74) is 3.04. The number of piperidine rings is 2. The largest absolute Gasteiger partial charge is 0.372 e. The summed E-state index contributed by atoms with van der Waals surface area (Å²) in [6.07, 6.45) is 9.80. The fraction of sp³-hybridized carbons (Fsp3) is 0.476. The number of likely N-dealkylation sites (tertiary alicyclic amines) is 1. The van der Waals surface area contributed by atoms with Crippen LogP contribution in [-0.2, 0) is 4.79 Å². The summed E-state index contributed by atoms with van der Waals surface area (Å²) in [5.74, 6) is 0.468. The summed E-state index contributed by atoms with van der Waals surface area (Å²) in [5, 5.41) is 24.7. The molecule has 16 heteroatoms. The Morgan fingerprint density at radius 1 is 0.966 bits per heavy atom. The number of hydrogen-bond donors (Lipinski definition) is 2. The molecule has 8 rings (SSSR count). The maximum Gasteiger partial charge on any atom is 0.328 e. The molecule has 4 amide bonds. The molecule has 0 spiro atoms. The van der Waals surface area contributed by atoms with Crippen LogP contribution in [0.25, 0.3) is 10.9 Å².